The van der Waals surface area contributed by atoms with Crippen molar-refractivity contribution in [3.05, 3.63) is 53.2 Å². The highest BCUT2D eigenvalue weighted by atomic mass is 32.1. The van der Waals surface area contributed by atoms with Crippen LogP contribution in [0.3, 0.4) is 0 Å². The summed E-state index contributed by atoms with van der Waals surface area (Å²) in [5, 5.41) is 10.4. The molecule has 0 atom stereocenters. The Labute approximate surface area is 148 Å². The zero-order valence-electron chi connectivity index (χ0n) is 13.7. The summed E-state index contributed by atoms with van der Waals surface area (Å²) < 4.78 is 11.6. The molecular weight excluding hydrogens is 338 g/mol. The van der Waals surface area contributed by atoms with E-state index in [1.165, 1.54) is 18.4 Å². The average Bonchev–Trinajstić information content (AvgIpc) is 3.33. The molecule has 3 aromatic rings. The van der Waals surface area contributed by atoms with Crippen LogP contribution in [-0.4, -0.2) is 29.8 Å². The second-order valence-electron chi connectivity index (χ2n) is 6.22. The minimum absolute atomic E-state index is 0.0527. The second kappa shape index (κ2) is 6.13. The number of rotatable bonds is 5. The van der Waals surface area contributed by atoms with Gasteiger partial charge in [0.05, 0.1) is 24.6 Å². The molecule has 2 heterocycles. The number of aliphatic hydroxyl groups is 1. The van der Waals surface area contributed by atoms with E-state index in [1.807, 2.05) is 24.3 Å². The summed E-state index contributed by atoms with van der Waals surface area (Å²) in [7, 11) is 1.36. The molecule has 25 heavy (non-hydrogen) atoms. The molecule has 1 N–H and O–H groups in total. The topological polar surface area (TPSA) is 68.7 Å². The van der Waals surface area contributed by atoms with Crippen molar-refractivity contribution in [2.24, 2.45) is 0 Å². The van der Waals surface area contributed by atoms with E-state index in [0.717, 1.165) is 28.5 Å². The third kappa shape index (κ3) is 2.88. The van der Waals surface area contributed by atoms with E-state index >= 15 is 0 Å². The van der Waals surface area contributed by atoms with Crippen LogP contribution in [0.4, 0.5) is 0 Å². The van der Waals surface area contributed by atoms with Gasteiger partial charge in [-0.3, -0.25) is 4.98 Å². The number of carbonyl (C=O) groups excluding carboxylic acids is 1. The molecule has 0 unspecified atom stereocenters. The Bertz CT molecular complexity index is 928. The lowest BCUT2D eigenvalue weighted by Gasteiger charge is -2.13. The number of aliphatic hydroxyl groups excluding tert-OH is 1. The Morgan fingerprint density at radius 2 is 2.04 bits per heavy atom. The largest absolute Gasteiger partial charge is 0.465 e. The van der Waals surface area contributed by atoms with Crippen LogP contribution >= 0.6 is 11.3 Å². The summed E-state index contributed by atoms with van der Waals surface area (Å²) in [5.41, 5.74) is 1.09. The zero-order chi connectivity index (χ0) is 17.4. The van der Waals surface area contributed by atoms with Crippen LogP contribution in [0, 0.1) is 0 Å². The first-order chi connectivity index (χ1) is 12.1. The maximum Gasteiger partial charge on any atom is 0.348 e. The van der Waals surface area contributed by atoms with Gasteiger partial charge in [0.2, 0.25) is 0 Å². The third-order valence-corrected chi connectivity index (χ3v) is 5.70. The molecule has 0 aliphatic heterocycles. The summed E-state index contributed by atoms with van der Waals surface area (Å²) >= 11 is 1.33. The Hall–Kier alpha value is -2.44. The second-order valence-corrected chi connectivity index (χ2v) is 7.30. The molecule has 2 aromatic heterocycles. The molecule has 1 saturated carbocycles. The quantitative estimate of drug-likeness (QED) is 0.703. The summed E-state index contributed by atoms with van der Waals surface area (Å²) in [6, 6.07) is 9.57. The van der Waals surface area contributed by atoms with Crippen molar-refractivity contribution in [1.82, 2.24) is 4.98 Å². The number of fused-ring (bicyclic) bond motifs is 1. The molecule has 1 aromatic carbocycles. The predicted molar refractivity (Wildman–Crippen MR) is 95.5 cm³/mol. The van der Waals surface area contributed by atoms with Crippen LogP contribution in [-0.2, 0) is 10.2 Å². The number of esters is 1. The molecule has 1 aliphatic carbocycles. The molecule has 4 rings (SSSR count). The first-order valence-electron chi connectivity index (χ1n) is 8.00. The molecule has 0 amide bonds. The van der Waals surface area contributed by atoms with Crippen molar-refractivity contribution in [3.63, 3.8) is 0 Å². The van der Waals surface area contributed by atoms with E-state index in [0.29, 0.717) is 16.4 Å². The van der Waals surface area contributed by atoms with Gasteiger partial charge in [0.25, 0.3) is 0 Å². The van der Waals surface area contributed by atoms with Gasteiger partial charge in [-0.1, -0.05) is 12.1 Å². The summed E-state index contributed by atoms with van der Waals surface area (Å²) in [6.45, 7) is 0.182. The number of nitrogens with zero attached hydrogens (tertiary/aromatic N) is 1. The van der Waals surface area contributed by atoms with Crippen LogP contribution < -0.4 is 4.74 Å². The minimum atomic E-state index is -0.366. The molecule has 0 saturated heterocycles. The average molecular weight is 355 g/mol. The van der Waals surface area contributed by atoms with Crippen molar-refractivity contribution in [2.45, 2.75) is 18.3 Å². The highest BCUT2D eigenvalue weighted by molar-refractivity contribution is 7.20. The number of aromatic nitrogens is 1. The number of thiophene rings is 1. The number of methoxy groups -OCH3 is 1. The van der Waals surface area contributed by atoms with E-state index in [1.54, 1.807) is 18.5 Å². The molecule has 128 valence electrons. The lowest BCUT2D eigenvalue weighted by atomic mass is 9.97. The number of hydrogen-bond donors (Lipinski definition) is 1. The van der Waals surface area contributed by atoms with Gasteiger partial charge in [-0.2, -0.15) is 0 Å². The summed E-state index contributed by atoms with van der Waals surface area (Å²) in [4.78, 5) is 16.4. The van der Waals surface area contributed by atoms with Gasteiger partial charge in [-0.05, 0) is 36.6 Å². The number of benzene rings is 1. The maximum absolute atomic E-state index is 11.7. The molecular formula is C19H17NO4S. The Kier molecular flexibility index (Phi) is 3.94. The number of carbonyl (C=O) groups is 1. The van der Waals surface area contributed by atoms with Crippen LogP contribution in [0.15, 0.2) is 42.7 Å². The molecule has 1 fully saturated rings. The number of hydrogen-bond acceptors (Lipinski definition) is 6. The summed E-state index contributed by atoms with van der Waals surface area (Å²) in [6.07, 6.45) is 5.40. The van der Waals surface area contributed by atoms with Gasteiger partial charge in [0.15, 0.2) is 5.75 Å². The Morgan fingerprint density at radius 3 is 2.68 bits per heavy atom. The third-order valence-electron chi connectivity index (χ3n) is 4.65. The van der Waals surface area contributed by atoms with Crippen LogP contribution in [0.5, 0.6) is 11.5 Å². The highest BCUT2D eigenvalue weighted by Gasteiger charge is 2.43. The first kappa shape index (κ1) is 16.1. The lowest BCUT2D eigenvalue weighted by molar-refractivity contribution is 0.0606. The van der Waals surface area contributed by atoms with Gasteiger partial charge in [0, 0.05) is 17.0 Å². The number of ether oxygens (including phenoxy) is 2. The van der Waals surface area contributed by atoms with E-state index in [4.69, 9.17) is 9.47 Å². The first-order valence-corrected chi connectivity index (χ1v) is 8.82. The van der Waals surface area contributed by atoms with Gasteiger partial charge in [0.1, 0.15) is 10.6 Å². The fourth-order valence-corrected chi connectivity index (χ4v) is 3.87. The Morgan fingerprint density at radius 1 is 1.28 bits per heavy atom. The van der Waals surface area contributed by atoms with E-state index in [2.05, 4.69) is 4.98 Å². The van der Waals surface area contributed by atoms with Gasteiger partial charge >= 0.3 is 5.97 Å². The van der Waals surface area contributed by atoms with Crippen molar-refractivity contribution < 1.29 is 19.4 Å². The summed E-state index contributed by atoms with van der Waals surface area (Å²) in [5.74, 6) is 0.924. The minimum Gasteiger partial charge on any atom is -0.465 e. The van der Waals surface area contributed by atoms with Crippen LogP contribution in [0.1, 0.15) is 28.1 Å². The van der Waals surface area contributed by atoms with Gasteiger partial charge in [-0.25, -0.2) is 4.79 Å². The maximum atomic E-state index is 11.7. The van der Waals surface area contributed by atoms with Crippen molar-refractivity contribution in [1.29, 1.82) is 0 Å². The van der Waals surface area contributed by atoms with E-state index < -0.39 is 0 Å². The smallest absolute Gasteiger partial charge is 0.348 e. The van der Waals surface area contributed by atoms with Gasteiger partial charge < -0.3 is 14.6 Å². The van der Waals surface area contributed by atoms with Crippen molar-refractivity contribution >= 4 is 27.4 Å². The van der Waals surface area contributed by atoms with Crippen LogP contribution in [0.2, 0.25) is 0 Å². The van der Waals surface area contributed by atoms with E-state index in [-0.39, 0.29) is 18.0 Å². The zero-order valence-corrected chi connectivity index (χ0v) is 14.5. The number of pyridine rings is 1. The highest BCUT2D eigenvalue weighted by Crippen LogP contribution is 2.48. The Balaban J connectivity index is 1.62. The molecule has 0 bridgehead atoms. The van der Waals surface area contributed by atoms with Crippen LogP contribution in [0.25, 0.3) is 10.1 Å². The molecule has 6 heteroatoms. The molecule has 1 aliphatic rings. The standard InChI is InChI=1S/C19H17NO4S/c1-23-18(22)16-8-14-15(9-20-10-17(14)25-16)24-13-4-2-12(3-5-13)19(11-21)6-7-19/h2-5,8-10,21H,6-7,11H2,1H3. The monoisotopic (exact) mass is 355 g/mol. The van der Waals surface area contributed by atoms with Crippen molar-refractivity contribution in [2.75, 3.05) is 13.7 Å². The normalized spacial score (nSPS) is 15.1. The fourth-order valence-electron chi connectivity index (χ4n) is 2.91. The van der Waals surface area contributed by atoms with E-state index in [9.17, 15) is 9.90 Å². The molecule has 0 spiro atoms. The SMILES string of the molecule is COC(=O)c1cc2c(Oc3ccc(C4(CO)CC4)cc3)cncc2s1. The fraction of sp³-hybridized carbons (Fsp3) is 0.263. The lowest BCUT2D eigenvalue weighted by Crippen LogP contribution is -2.11. The predicted octanol–water partition coefficient (Wildman–Crippen LogP) is 3.90. The van der Waals surface area contributed by atoms with Crippen molar-refractivity contribution in [3.8, 4) is 11.5 Å². The molecule has 0 radical (unpaired) electrons. The van der Waals surface area contributed by atoms with Gasteiger partial charge in [-0.15, -0.1) is 11.3 Å². The molecule has 5 nitrogen and oxygen atoms in total.